The van der Waals surface area contributed by atoms with Gasteiger partial charge < -0.3 is 148 Å². The number of nitrogens with one attached hydrogen (secondary N) is 16. The summed E-state index contributed by atoms with van der Waals surface area (Å²) in [6.07, 6.45) is -8.52. The molecule has 1 fully saturated rings. The molecule has 54 heteroatoms. The number of carbonyl (C=O) groups excluding carboxylic acids is 19. The lowest BCUT2D eigenvalue weighted by molar-refractivity contribution is -0.142. The Morgan fingerprint density at radius 3 is 1.49 bits per heavy atom. The number of carboxylic acid groups (broad SMARTS) is 4. The molecular weight excluding hydrogens is 2010 g/mol. The summed E-state index contributed by atoms with van der Waals surface area (Å²) in [6.45, 7) is 14.3. The first-order chi connectivity index (χ1) is 70.5. The van der Waals surface area contributed by atoms with Crippen LogP contribution in [0.4, 0.5) is 0 Å². The quantitative estimate of drug-likeness (QED) is 0.0196. The van der Waals surface area contributed by atoms with Crippen LogP contribution in [-0.4, -0.2) is 355 Å². The number of benzene rings is 4. The molecule has 0 unspecified atom stereocenters. The fraction of sp³-hybridized carbons (Fsp3) is 0.526. The van der Waals surface area contributed by atoms with Crippen LogP contribution in [0.1, 0.15) is 131 Å². The van der Waals surface area contributed by atoms with Crippen molar-refractivity contribution in [1.82, 2.24) is 90.0 Å². The number of aliphatic hydroxyl groups excluding tert-OH is 2. The highest BCUT2D eigenvalue weighted by Crippen LogP contribution is 2.24. The van der Waals surface area contributed by atoms with Crippen molar-refractivity contribution in [2.75, 3.05) is 87.1 Å². The first kappa shape index (κ1) is 129. The maximum atomic E-state index is 15.1. The summed E-state index contributed by atoms with van der Waals surface area (Å²) in [4.78, 5) is 318. The Balaban J connectivity index is 0.0000141. The maximum absolute atomic E-state index is 15.1. The summed E-state index contributed by atoms with van der Waals surface area (Å²) in [5.74, 6) is -30.6. The first-order valence-corrected chi connectivity index (χ1v) is 51.0. The van der Waals surface area contributed by atoms with E-state index in [0.717, 1.165) is 42.3 Å². The number of hydrogen-bond donors (Lipinski definition) is 26. The lowest BCUT2D eigenvalue weighted by Gasteiger charge is -2.33. The lowest BCUT2D eigenvalue weighted by Crippen LogP contribution is -2.62. The van der Waals surface area contributed by atoms with E-state index in [-0.39, 0.29) is 79.3 Å². The van der Waals surface area contributed by atoms with Gasteiger partial charge in [-0.05, 0) is 78.6 Å². The number of phenolic OH excluding ortho intramolecular Hbond substituents is 1. The number of ether oxygens (including phenoxy) is 1. The van der Waals surface area contributed by atoms with Crippen LogP contribution >= 0.6 is 35.3 Å². The van der Waals surface area contributed by atoms with Crippen LogP contribution in [0, 0.1) is 5.41 Å². The number of aliphatic carboxylic acids is 4. The van der Waals surface area contributed by atoms with Crippen LogP contribution in [0.25, 0.3) is 10.8 Å². The van der Waals surface area contributed by atoms with Crippen molar-refractivity contribution in [3.8, 4) is 5.75 Å². The van der Waals surface area contributed by atoms with Gasteiger partial charge in [-0.2, -0.15) is 0 Å². The van der Waals surface area contributed by atoms with Gasteiger partial charge in [0.05, 0.1) is 69.0 Å². The van der Waals surface area contributed by atoms with Crippen LogP contribution in [0.2, 0.25) is 0 Å². The van der Waals surface area contributed by atoms with Crippen LogP contribution in [0.5, 0.6) is 5.75 Å². The fourth-order valence-electron chi connectivity index (χ4n) is 13.8. The predicted molar refractivity (Wildman–Crippen MR) is 545 cm³/mol. The normalized spacial score (nSPS) is 18.8. The van der Waals surface area contributed by atoms with Gasteiger partial charge in [0.15, 0.2) is 0 Å². The van der Waals surface area contributed by atoms with Gasteiger partial charge in [-0.25, -0.2) is 0 Å². The molecule has 0 aromatic heterocycles. The number of nitrogens with zero attached hydrogens (tertiary/aromatic N) is 1. The van der Waals surface area contributed by atoms with Crippen molar-refractivity contribution in [2.24, 2.45) is 22.6 Å². The smallest absolute Gasteiger partial charge is 0.305 e. The predicted octanol–water partition coefficient (Wildman–Crippen LogP) is -5.84. The van der Waals surface area contributed by atoms with Gasteiger partial charge in [-0.15, -0.1) is 35.3 Å². The van der Waals surface area contributed by atoms with Crippen molar-refractivity contribution < 1.29 is 151 Å². The van der Waals surface area contributed by atoms with Crippen LogP contribution in [-0.2, 0) is 134 Å². The molecule has 15 atom stereocenters. The van der Waals surface area contributed by atoms with E-state index < -0.39 is 321 Å². The number of phenols is 1. The van der Waals surface area contributed by atoms with E-state index in [1.807, 2.05) is 27.7 Å². The number of rotatable bonds is 43. The summed E-state index contributed by atoms with van der Waals surface area (Å²) in [7, 11) is 0. The van der Waals surface area contributed by atoms with Crippen molar-refractivity contribution in [2.45, 2.75) is 224 Å². The summed E-state index contributed by atoms with van der Waals surface area (Å²) < 4.78 is 5.56. The average molecular weight is 2150 g/mol. The van der Waals surface area contributed by atoms with Crippen molar-refractivity contribution in [3.05, 3.63) is 114 Å². The molecule has 1 heterocycles. The minimum absolute atomic E-state index is 0.0906. The molecule has 822 valence electrons. The largest absolute Gasteiger partial charge is 0.508 e. The topological polar surface area (TPSA) is 817 Å². The number of hydrogen-bond acceptors (Lipinski definition) is 31. The molecule has 0 aliphatic carbocycles. The molecule has 1 aliphatic rings. The van der Waals surface area contributed by atoms with Gasteiger partial charge in [-0.3, -0.25) is 110 Å². The minimum Gasteiger partial charge on any atom is -0.508 e. The minimum atomic E-state index is -2.30. The zero-order chi connectivity index (χ0) is 112. The van der Waals surface area contributed by atoms with E-state index in [0.29, 0.717) is 28.1 Å². The molecule has 5 rings (SSSR count). The third-order valence-corrected chi connectivity index (χ3v) is 24.6. The molecule has 1 saturated heterocycles. The summed E-state index contributed by atoms with van der Waals surface area (Å²) in [6, 6.07) is -3.08. The van der Waals surface area contributed by atoms with Gasteiger partial charge in [0.2, 0.25) is 112 Å². The Morgan fingerprint density at radius 1 is 0.503 bits per heavy atom. The van der Waals surface area contributed by atoms with Crippen LogP contribution in [0.15, 0.2) is 97.1 Å². The van der Waals surface area contributed by atoms with Crippen LogP contribution < -0.4 is 102 Å². The Bertz CT molecular complexity index is 5230. The molecule has 4 aromatic carbocycles. The second-order valence-electron chi connectivity index (χ2n) is 34.5. The Morgan fingerprint density at radius 2 is 0.966 bits per heavy atom. The third kappa shape index (κ3) is 48.4. The van der Waals surface area contributed by atoms with Gasteiger partial charge in [0.1, 0.15) is 90.3 Å². The van der Waals surface area contributed by atoms with Crippen molar-refractivity contribution in [1.29, 1.82) is 0 Å². The molecule has 149 heavy (non-hydrogen) atoms. The molecule has 0 saturated carbocycles. The number of aliphatic hydroxyl groups is 2. The highest BCUT2D eigenvalue weighted by molar-refractivity contribution is 8.00. The average Bonchev–Trinajstić information content (AvgIpc) is 0.821. The number of amides is 19. The highest BCUT2D eigenvalue weighted by atomic mass is 32.2. The number of aromatic hydroxyl groups is 1. The van der Waals surface area contributed by atoms with E-state index in [1.54, 1.807) is 48.5 Å². The molecule has 0 bridgehead atoms. The van der Waals surface area contributed by atoms with E-state index in [2.05, 4.69) is 85.1 Å². The number of fused-ring (bicyclic) bond motifs is 1. The monoisotopic (exact) mass is 2150 g/mol. The van der Waals surface area contributed by atoms with E-state index >= 15 is 4.79 Å². The standard InChI is InChI=1S/C91H126N20O31S3.2C2H6/c1-47(92)77(128)108-65-42-143-44-68(116)95-27-33-142-34-28-96-69(117)45-144-43-66(109-79(130)49(3)97-82(133)60(37-53-17-12-16-52-15-10-11-18-55(52)53)104-80(131)56(23-25-71(119)120)99-85(136)61(38-67(93)115)101-78(129)48(2)98-88(65)139)89(140)100-57(24-26-72(121)122)81(132)105-62(39-73(123)124)86(137)103-58(35-50-13-8-7-9-14-50)83(134)102-59(36-51-19-21-54(114)22-20-51)84(135)106-63(40-74(125)126)87(138)110-75(91(4,5)6)90(141)107-64(76(94)127)41-145-46-70(118)111(29-31-112)30-32-113;2*1-2/h7-22,47-49,56-66,75,112-114H,23-46,92H2,1-6H3,(H2,93,115)(H2,94,127)(H,95,116)(H,96,117)(H,97,133)(H,98,139)(H,99,136)(H,100,140)(H,101,129)(H,102,134)(H,103,137)(H,104,131)(H,105,132)(H,106,135)(H,107,141)(H,108,128)(H,109,130)(H,110,138)(H,119,120)(H,121,122)(H,123,124)(H,125,126);2*1-2H3/t47-,48+,49+,56-,57-,58-,59-,60-,61-,62-,63-,64-,65-,66-,75+;;/m0../s1. The molecule has 51 nitrogen and oxygen atoms in total. The molecule has 0 spiro atoms. The Labute approximate surface area is 871 Å². The lowest BCUT2D eigenvalue weighted by atomic mass is 9.85. The molecular formula is C95H138N20O31S3. The van der Waals surface area contributed by atoms with Gasteiger partial charge in [0.25, 0.3) is 0 Å². The van der Waals surface area contributed by atoms with Crippen LogP contribution in [0.3, 0.4) is 0 Å². The van der Waals surface area contributed by atoms with Crippen molar-refractivity contribution >= 4 is 182 Å². The summed E-state index contributed by atoms with van der Waals surface area (Å²) in [5.41, 5.74) is 16.5. The molecule has 0 radical (unpaired) electrons. The number of thioether (sulfide) groups is 3. The molecule has 19 amide bonds. The number of carbonyl (C=O) groups is 23. The zero-order valence-electron chi connectivity index (χ0n) is 84.2. The van der Waals surface area contributed by atoms with Gasteiger partial charge in [0, 0.05) is 75.5 Å². The zero-order valence-corrected chi connectivity index (χ0v) is 86.7. The third-order valence-electron chi connectivity index (χ3n) is 21.5. The molecule has 29 N–H and O–H groups in total. The van der Waals surface area contributed by atoms with E-state index in [4.69, 9.17) is 21.9 Å². The van der Waals surface area contributed by atoms with Gasteiger partial charge >= 0.3 is 23.9 Å². The van der Waals surface area contributed by atoms with E-state index in [9.17, 15) is 141 Å². The Kier molecular flexibility index (Phi) is 58.3. The molecule has 1 aliphatic heterocycles. The van der Waals surface area contributed by atoms with Crippen molar-refractivity contribution in [3.63, 3.8) is 0 Å². The Hall–Kier alpha value is -14.4. The second-order valence-corrected chi connectivity index (χ2v) is 37.5. The first-order valence-electron chi connectivity index (χ1n) is 47.6. The summed E-state index contributed by atoms with van der Waals surface area (Å²) >= 11 is 2.38. The van der Waals surface area contributed by atoms with E-state index in [1.165, 1.54) is 76.2 Å². The fourth-order valence-corrected chi connectivity index (χ4v) is 16.5. The van der Waals surface area contributed by atoms with Gasteiger partial charge in [-0.1, -0.05) is 133 Å². The number of nitrogens with two attached hydrogens (primary N) is 3. The number of carboxylic acids is 4. The number of primary amides is 2. The summed E-state index contributed by atoms with van der Waals surface area (Å²) in [5, 5.41) is 109. The molecule has 4 aromatic rings. The SMILES string of the molecule is CC.CC.C[C@H](N)C(=O)N[C@H]1CSCC(=O)NCCOCCNC(=O)CSC[C@@H](C(=O)N[C@@H](CCC(=O)O)C(=O)N[C@@H](CC(=O)O)C(=O)N[C@@H](Cc2ccccc2)C(=O)N[C@@H](Cc2ccc(O)cc2)C(=O)N[C@@H](CC(=O)O)C(=O)N[C@H](C(=O)N[C@@H](CSCC(=O)N(CCO)CCO)C(N)=O)C(C)(C)C)NC(=O)[C@@H](C)NC(=O)[C@H](Cc2cccc3ccccc23)NC(=O)[C@H](CCC(=O)O)NC(=O)[C@H](CC(N)=O)NC(=O)[C@@H](C)NC1=O. The second kappa shape index (κ2) is 67.5. The highest BCUT2D eigenvalue weighted by Gasteiger charge is 2.42. The maximum Gasteiger partial charge on any atom is 0.305 e.